The molecule has 3 nitrogen and oxygen atoms in total. The summed E-state index contributed by atoms with van der Waals surface area (Å²) in [6.45, 7) is 2.53. The molecule has 1 aliphatic rings. The fourth-order valence-electron chi connectivity index (χ4n) is 2.16. The summed E-state index contributed by atoms with van der Waals surface area (Å²) in [6, 6.07) is 5.46. The molecule has 0 aliphatic carbocycles. The molecule has 1 aliphatic heterocycles. The number of nitrogens with one attached hydrogen (secondary N) is 1. The summed E-state index contributed by atoms with van der Waals surface area (Å²) in [7, 11) is 0. The maximum absolute atomic E-state index is 12.1. The van der Waals surface area contributed by atoms with Crippen LogP contribution in [0.5, 0.6) is 0 Å². The highest BCUT2D eigenvalue weighted by Gasteiger charge is 2.16. The second kappa shape index (κ2) is 7.37. The van der Waals surface area contributed by atoms with Crippen LogP contribution in [0.2, 0.25) is 0 Å². The smallest absolute Gasteiger partial charge is 0.251 e. The molecular weight excluding hydrogens is 270 g/mol. The second-order valence-electron chi connectivity index (χ2n) is 4.93. The van der Waals surface area contributed by atoms with Gasteiger partial charge in [-0.1, -0.05) is 11.8 Å². The molecule has 1 aromatic carbocycles. The SMILES string of the molecule is Cc1cc(C(=O)NCC2CCSC2)ccc1C#CCO. The summed E-state index contributed by atoms with van der Waals surface area (Å²) in [5.74, 6) is 8.43. The molecule has 106 valence electrons. The third-order valence-corrected chi connectivity index (χ3v) is 4.60. The van der Waals surface area contributed by atoms with E-state index in [1.54, 1.807) is 6.07 Å². The minimum absolute atomic E-state index is 0.0216. The number of amides is 1. The van der Waals surface area contributed by atoms with Crippen molar-refractivity contribution >= 4 is 17.7 Å². The van der Waals surface area contributed by atoms with Crippen LogP contribution in [0.25, 0.3) is 0 Å². The normalized spacial score (nSPS) is 17.4. The predicted octanol–water partition coefficient (Wildman–Crippen LogP) is 1.82. The maximum atomic E-state index is 12.1. The molecule has 4 heteroatoms. The predicted molar refractivity (Wildman–Crippen MR) is 82.9 cm³/mol. The summed E-state index contributed by atoms with van der Waals surface area (Å²) in [5.41, 5.74) is 2.47. The highest BCUT2D eigenvalue weighted by atomic mass is 32.2. The first kappa shape index (κ1) is 15.0. The number of rotatable bonds is 3. The van der Waals surface area contributed by atoms with E-state index in [0.717, 1.165) is 23.4 Å². The highest BCUT2D eigenvalue weighted by Crippen LogP contribution is 2.22. The Kier molecular flexibility index (Phi) is 5.51. The van der Waals surface area contributed by atoms with Gasteiger partial charge in [-0.15, -0.1) is 0 Å². The van der Waals surface area contributed by atoms with E-state index in [4.69, 9.17) is 5.11 Å². The maximum Gasteiger partial charge on any atom is 0.251 e. The van der Waals surface area contributed by atoms with E-state index >= 15 is 0 Å². The second-order valence-corrected chi connectivity index (χ2v) is 6.08. The molecule has 0 bridgehead atoms. The molecule has 0 aromatic heterocycles. The van der Waals surface area contributed by atoms with Crippen molar-refractivity contribution in [2.75, 3.05) is 24.7 Å². The van der Waals surface area contributed by atoms with Crippen molar-refractivity contribution in [1.29, 1.82) is 0 Å². The van der Waals surface area contributed by atoms with E-state index in [1.165, 1.54) is 12.2 Å². The zero-order valence-corrected chi connectivity index (χ0v) is 12.4. The van der Waals surface area contributed by atoms with Crippen molar-refractivity contribution in [3.05, 3.63) is 34.9 Å². The van der Waals surface area contributed by atoms with Crippen molar-refractivity contribution < 1.29 is 9.90 Å². The lowest BCUT2D eigenvalue weighted by molar-refractivity contribution is 0.0948. The quantitative estimate of drug-likeness (QED) is 0.835. The molecule has 1 atom stereocenters. The Hall–Kier alpha value is -1.44. The van der Waals surface area contributed by atoms with Crippen molar-refractivity contribution in [3.63, 3.8) is 0 Å². The van der Waals surface area contributed by atoms with E-state index in [0.29, 0.717) is 11.5 Å². The van der Waals surface area contributed by atoms with Crippen LogP contribution in [0, 0.1) is 24.7 Å². The number of hydrogen-bond donors (Lipinski definition) is 2. The number of aryl methyl sites for hydroxylation is 1. The van der Waals surface area contributed by atoms with Crippen molar-refractivity contribution in [2.45, 2.75) is 13.3 Å². The Morgan fingerprint density at radius 3 is 3.05 bits per heavy atom. The average molecular weight is 289 g/mol. The molecule has 0 saturated carbocycles. The van der Waals surface area contributed by atoms with E-state index < -0.39 is 0 Å². The largest absolute Gasteiger partial charge is 0.384 e. The first-order chi connectivity index (χ1) is 9.70. The van der Waals surface area contributed by atoms with Gasteiger partial charge in [-0.05, 0) is 54.5 Å². The van der Waals surface area contributed by atoms with Gasteiger partial charge in [0, 0.05) is 17.7 Å². The van der Waals surface area contributed by atoms with Gasteiger partial charge >= 0.3 is 0 Å². The summed E-state index contributed by atoms with van der Waals surface area (Å²) in [6.07, 6.45) is 1.19. The first-order valence-corrected chi connectivity index (χ1v) is 7.92. The van der Waals surface area contributed by atoms with Crippen LogP contribution in [0.4, 0.5) is 0 Å². The fraction of sp³-hybridized carbons (Fsp3) is 0.438. The molecule has 20 heavy (non-hydrogen) atoms. The number of carbonyl (C=O) groups excluding carboxylic acids is 1. The van der Waals surface area contributed by atoms with Gasteiger partial charge in [0.1, 0.15) is 6.61 Å². The third-order valence-electron chi connectivity index (χ3n) is 3.37. The number of aliphatic hydroxyl groups excluding tert-OH is 1. The van der Waals surface area contributed by atoms with Gasteiger partial charge in [-0.3, -0.25) is 4.79 Å². The summed E-state index contributed by atoms with van der Waals surface area (Å²) in [4.78, 5) is 12.1. The van der Waals surface area contributed by atoms with Gasteiger partial charge in [-0.2, -0.15) is 11.8 Å². The third kappa shape index (κ3) is 4.03. The molecule has 1 unspecified atom stereocenters. The summed E-state index contributed by atoms with van der Waals surface area (Å²) in [5, 5.41) is 11.7. The minimum atomic E-state index is -0.152. The Morgan fingerprint density at radius 1 is 1.55 bits per heavy atom. The molecule has 1 heterocycles. The van der Waals surface area contributed by atoms with Crippen molar-refractivity contribution in [3.8, 4) is 11.8 Å². The van der Waals surface area contributed by atoms with Gasteiger partial charge in [0.15, 0.2) is 0 Å². The Balaban J connectivity index is 1.97. The number of thioether (sulfide) groups is 1. The molecule has 1 aromatic rings. The lowest BCUT2D eigenvalue weighted by Gasteiger charge is -2.10. The molecular formula is C16H19NO2S. The van der Waals surface area contributed by atoms with Gasteiger partial charge < -0.3 is 10.4 Å². The van der Waals surface area contributed by atoms with Crippen LogP contribution in [0.3, 0.4) is 0 Å². The van der Waals surface area contributed by atoms with E-state index in [1.807, 2.05) is 30.8 Å². The highest BCUT2D eigenvalue weighted by molar-refractivity contribution is 7.99. The standard InChI is InChI=1S/C16H19NO2S/c1-12-9-15(5-4-14(12)3-2-7-18)16(19)17-10-13-6-8-20-11-13/h4-5,9,13,18H,6-8,10-11H2,1H3,(H,17,19). The van der Waals surface area contributed by atoms with Gasteiger partial charge in [0.25, 0.3) is 5.91 Å². The van der Waals surface area contributed by atoms with Gasteiger partial charge in [0.2, 0.25) is 0 Å². The topological polar surface area (TPSA) is 49.3 Å². The molecule has 2 rings (SSSR count). The summed E-state index contributed by atoms with van der Waals surface area (Å²) >= 11 is 1.95. The molecule has 1 saturated heterocycles. The lowest BCUT2D eigenvalue weighted by Crippen LogP contribution is -2.29. The van der Waals surface area contributed by atoms with E-state index in [9.17, 15) is 4.79 Å². The van der Waals surface area contributed by atoms with Crippen molar-refractivity contribution in [1.82, 2.24) is 5.32 Å². The van der Waals surface area contributed by atoms with Crippen LogP contribution in [0.1, 0.15) is 27.9 Å². The lowest BCUT2D eigenvalue weighted by atomic mass is 10.0. The van der Waals surface area contributed by atoms with Crippen LogP contribution >= 0.6 is 11.8 Å². The number of aliphatic hydroxyl groups is 1. The molecule has 0 radical (unpaired) electrons. The Bertz CT molecular complexity index is 539. The van der Waals surface area contributed by atoms with E-state index in [2.05, 4.69) is 17.2 Å². The Morgan fingerprint density at radius 2 is 2.40 bits per heavy atom. The van der Waals surface area contributed by atoms with Gasteiger partial charge in [0.05, 0.1) is 0 Å². The molecule has 1 amide bonds. The number of benzene rings is 1. The number of carbonyl (C=O) groups is 1. The molecule has 1 fully saturated rings. The summed E-state index contributed by atoms with van der Waals surface area (Å²) < 4.78 is 0. The van der Waals surface area contributed by atoms with Crippen LogP contribution in [0.15, 0.2) is 18.2 Å². The fourth-order valence-corrected chi connectivity index (χ4v) is 3.45. The minimum Gasteiger partial charge on any atom is -0.384 e. The molecule has 0 spiro atoms. The zero-order valence-electron chi connectivity index (χ0n) is 11.6. The van der Waals surface area contributed by atoms with Crippen molar-refractivity contribution in [2.24, 2.45) is 5.92 Å². The first-order valence-electron chi connectivity index (χ1n) is 6.77. The Labute approximate surface area is 124 Å². The monoisotopic (exact) mass is 289 g/mol. The number of hydrogen-bond acceptors (Lipinski definition) is 3. The van der Waals surface area contributed by atoms with E-state index in [-0.39, 0.29) is 12.5 Å². The molecule has 2 N–H and O–H groups in total. The zero-order chi connectivity index (χ0) is 14.4. The van der Waals surface area contributed by atoms with Crippen LogP contribution in [-0.4, -0.2) is 35.7 Å². The van der Waals surface area contributed by atoms with Gasteiger partial charge in [-0.25, -0.2) is 0 Å². The van der Waals surface area contributed by atoms with Crippen LogP contribution < -0.4 is 5.32 Å². The average Bonchev–Trinajstić information content (AvgIpc) is 2.96. The van der Waals surface area contributed by atoms with Crippen LogP contribution in [-0.2, 0) is 0 Å².